The third kappa shape index (κ3) is 3.96. The lowest BCUT2D eigenvalue weighted by molar-refractivity contribution is 0.0526. The Morgan fingerprint density at radius 1 is 1.29 bits per heavy atom. The number of hydrogen-bond donors (Lipinski definition) is 1. The molecule has 0 aliphatic rings. The fourth-order valence-electron chi connectivity index (χ4n) is 3.38. The number of carbonyl (C=O) groups is 1. The number of halogens is 2. The number of esters is 1. The van der Waals surface area contributed by atoms with Crippen molar-refractivity contribution >= 4 is 28.5 Å². The summed E-state index contributed by atoms with van der Waals surface area (Å²) in [6.45, 7) is 4.20. The maximum absolute atomic E-state index is 14.2. The Morgan fingerprint density at radius 3 is 2.75 bits per heavy atom. The molecule has 0 aliphatic heterocycles. The van der Waals surface area contributed by atoms with E-state index in [-0.39, 0.29) is 24.9 Å². The average Bonchev–Trinajstić information content (AvgIpc) is 2.93. The van der Waals surface area contributed by atoms with Crippen LogP contribution in [0.2, 0.25) is 5.02 Å². The first-order chi connectivity index (χ1) is 13.5. The van der Waals surface area contributed by atoms with Gasteiger partial charge in [-0.25, -0.2) is 9.18 Å². The van der Waals surface area contributed by atoms with Gasteiger partial charge in [-0.3, -0.25) is 0 Å². The van der Waals surface area contributed by atoms with E-state index in [2.05, 4.69) is 0 Å². The smallest absolute Gasteiger partial charge is 0.338 e. The zero-order chi connectivity index (χ0) is 20.3. The molecule has 0 bridgehead atoms. The highest BCUT2D eigenvalue weighted by molar-refractivity contribution is 6.31. The summed E-state index contributed by atoms with van der Waals surface area (Å²) in [5.74, 6) is -0.698. The molecule has 1 heterocycles. The van der Waals surface area contributed by atoms with E-state index in [0.29, 0.717) is 17.2 Å². The van der Waals surface area contributed by atoms with Crippen molar-refractivity contribution in [1.82, 2.24) is 4.57 Å². The highest BCUT2D eigenvalue weighted by Gasteiger charge is 2.19. The number of ether oxygens (including phenoxy) is 1. The summed E-state index contributed by atoms with van der Waals surface area (Å²) in [4.78, 5) is 12.2. The van der Waals surface area contributed by atoms with Crippen molar-refractivity contribution in [2.24, 2.45) is 5.73 Å². The van der Waals surface area contributed by atoms with Crippen LogP contribution in [-0.2, 0) is 11.3 Å². The van der Waals surface area contributed by atoms with Crippen LogP contribution in [0.4, 0.5) is 4.39 Å². The second-order valence-corrected chi connectivity index (χ2v) is 6.83. The van der Waals surface area contributed by atoms with Gasteiger partial charge < -0.3 is 15.0 Å². The quantitative estimate of drug-likeness (QED) is 0.574. The van der Waals surface area contributed by atoms with Crippen LogP contribution in [0.5, 0.6) is 0 Å². The van der Waals surface area contributed by atoms with Crippen molar-refractivity contribution in [2.45, 2.75) is 20.4 Å². The molecule has 2 N–H and O–H groups in total. The molecule has 6 heteroatoms. The summed E-state index contributed by atoms with van der Waals surface area (Å²) in [6.07, 6.45) is 1.36. The van der Waals surface area contributed by atoms with Crippen molar-refractivity contribution in [3.63, 3.8) is 0 Å². The van der Waals surface area contributed by atoms with Gasteiger partial charge in [0.15, 0.2) is 0 Å². The molecule has 146 valence electrons. The van der Waals surface area contributed by atoms with Crippen LogP contribution >= 0.6 is 11.6 Å². The molecule has 0 atom stereocenters. The van der Waals surface area contributed by atoms with E-state index in [1.807, 2.05) is 35.8 Å². The van der Waals surface area contributed by atoms with Gasteiger partial charge in [0.25, 0.3) is 0 Å². The fourth-order valence-corrected chi connectivity index (χ4v) is 3.57. The molecule has 0 fully saturated rings. The maximum atomic E-state index is 14.2. The molecule has 0 aliphatic carbocycles. The SMILES string of the molecule is CCOC(=O)c1ccc2c(c1)c(-c1cccc(Cl)c1)c(C)n2CC(F)=CCN. The molecule has 0 saturated heterocycles. The molecule has 4 nitrogen and oxygen atoms in total. The van der Waals surface area contributed by atoms with Gasteiger partial charge >= 0.3 is 5.97 Å². The number of hydrogen-bond acceptors (Lipinski definition) is 3. The minimum absolute atomic E-state index is 0.0683. The summed E-state index contributed by atoms with van der Waals surface area (Å²) in [5, 5.41) is 1.44. The van der Waals surface area contributed by atoms with Gasteiger partial charge in [0, 0.05) is 33.7 Å². The first kappa shape index (κ1) is 20.1. The highest BCUT2D eigenvalue weighted by Crippen LogP contribution is 2.36. The second kappa shape index (κ2) is 8.59. The van der Waals surface area contributed by atoms with Crippen LogP contribution in [0.3, 0.4) is 0 Å². The van der Waals surface area contributed by atoms with Gasteiger partial charge in [-0.2, -0.15) is 0 Å². The van der Waals surface area contributed by atoms with Gasteiger partial charge in [-0.1, -0.05) is 23.7 Å². The Kier molecular flexibility index (Phi) is 6.17. The van der Waals surface area contributed by atoms with Gasteiger partial charge in [0.1, 0.15) is 5.83 Å². The summed E-state index contributed by atoms with van der Waals surface area (Å²) < 4.78 is 21.2. The van der Waals surface area contributed by atoms with Gasteiger partial charge in [-0.05, 0) is 55.8 Å². The largest absolute Gasteiger partial charge is 0.462 e. The number of fused-ring (bicyclic) bond motifs is 1. The molecular weight excluding hydrogens is 379 g/mol. The number of aromatic nitrogens is 1. The first-order valence-electron chi connectivity index (χ1n) is 9.06. The molecule has 0 unspecified atom stereocenters. The van der Waals surface area contributed by atoms with Gasteiger partial charge in [-0.15, -0.1) is 0 Å². The molecule has 3 aromatic rings. The molecule has 0 amide bonds. The van der Waals surface area contributed by atoms with Crippen LogP contribution in [0.1, 0.15) is 23.0 Å². The lowest BCUT2D eigenvalue weighted by Gasteiger charge is -2.08. The standard InChI is InChI=1S/C22H22ClFN2O2/c1-3-28-22(27)16-7-8-20-19(12-16)21(15-5-4-6-17(23)11-15)14(2)26(20)13-18(24)9-10-25/h4-9,11-12H,3,10,13,25H2,1-2H3. The minimum atomic E-state index is -0.388. The molecule has 2 aromatic carbocycles. The van der Waals surface area contributed by atoms with Crippen LogP contribution in [0.15, 0.2) is 54.4 Å². The van der Waals surface area contributed by atoms with Crippen molar-refractivity contribution in [3.05, 3.63) is 70.6 Å². The Bertz CT molecular complexity index is 1060. The summed E-state index contributed by atoms with van der Waals surface area (Å²) in [5.41, 5.74) is 9.39. The average molecular weight is 401 g/mol. The Hall–Kier alpha value is -2.63. The minimum Gasteiger partial charge on any atom is -0.462 e. The predicted octanol–water partition coefficient (Wildman–Crippen LogP) is 5.26. The van der Waals surface area contributed by atoms with Crippen molar-refractivity contribution < 1.29 is 13.9 Å². The number of nitrogens with zero attached hydrogens (tertiary/aromatic N) is 1. The molecule has 28 heavy (non-hydrogen) atoms. The van der Waals surface area contributed by atoms with Gasteiger partial charge in [0.2, 0.25) is 0 Å². The fraction of sp³-hybridized carbons (Fsp3) is 0.227. The Morgan fingerprint density at radius 2 is 2.07 bits per heavy atom. The van der Waals surface area contributed by atoms with Gasteiger partial charge in [0.05, 0.1) is 18.7 Å². The molecule has 3 rings (SSSR count). The predicted molar refractivity (Wildman–Crippen MR) is 111 cm³/mol. The molecular formula is C22H22ClFN2O2. The zero-order valence-corrected chi connectivity index (χ0v) is 16.6. The number of rotatable bonds is 6. The normalized spacial score (nSPS) is 11.8. The van der Waals surface area contributed by atoms with Crippen molar-refractivity contribution in [2.75, 3.05) is 13.2 Å². The summed E-state index contributed by atoms with van der Waals surface area (Å²) >= 11 is 6.19. The Balaban J connectivity index is 2.26. The highest BCUT2D eigenvalue weighted by atomic mass is 35.5. The summed E-state index contributed by atoms with van der Waals surface area (Å²) in [7, 11) is 0. The monoisotopic (exact) mass is 400 g/mol. The number of carbonyl (C=O) groups excluding carboxylic acids is 1. The molecule has 0 saturated carbocycles. The number of benzene rings is 2. The van der Waals surface area contributed by atoms with Crippen LogP contribution < -0.4 is 5.73 Å². The third-order valence-corrected chi connectivity index (χ3v) is 4.83. The van der Waals surface area contributed by atoms with Crippen LogP contribution in [-0.4, -0.2) is 23.7 Å². The number of nitrogens with two attached hydrogens (primary N) is 1. The van der Waals surface area contributed by atoms with E-state index >= 15 is 0 Å². The third-order valence-electron chi connectivity index (χ3n) is 4.60. The lowest BCUT2D eigenvalue weighted by Crippen LogP contribution is -2.05. The molecule has 1 aromatic heterocycles. The van der Waals surface area contributed by atoms with Crippen molar-refractivity contribution in [3.8, 4) is 11.1 Å². The number of allylic oxidation sites excluding steroid dienone is 1. The van der Waals surface area contributed by atoms with E-state index in [1.165, 1.54) is 6.08 Å². The van der Waals surface area contributed by atoms with E-state index in [4.69, 9.17) is 22.1 Å². The Labute approximate surface area is 168 Å². The van der Waals surface area contributed by atoms with Crippen LogP contribution in [0.25, 0.3) is 22.0 Å². The topological polar surface area (TPSA) is 57.2 Å². The van der Waals surface area contributed by atoms with Crippen molar-refractivity contribution in [1.29, 1.82) is 0 Å². The molecule has 0 radical (unpaired) electrons. The van der Waals surface area contributed by atoms with E-state index in [9.17, 15) is 9.18 Å². The summed E-state index contributed by atoms with van der Waals surface area (Å²) in [6, 6.07) is 12.8. The second-order valence-electron chi connectivity index (χ2n) is 6.40. The van der Waals surface area contributed by atoms with Crippen LogP contribution in [0, 0.1) is 6.92 Å². The van der Waals surface area contributed by atoms with E-state index in [0.717, 1.165) is 27.7 Å². The lowest BCUT2D eigenvalue weighted by atomic mass is 10.0. The molecule has 0 spiro atoms. The maximum Gasteiger partial charge on any atom is 0.338 e. The van der Waals surface area contributed by atoms with E-state index in [1.54, 1.807) is 25.1 Å². The van der Waals surface area contributed by atoms with E-state index < -0.39 is 0 Å². The zero-order valence-electron chi connectivity index (χ0n) is 15.8. The first-order valence-corrected chi connectivity index (χ1v) is 9.44.